The van der Waals surface area contributed by atoms with E-state index in [-0.39, 0.29) is 11.9 Å². The van der Waals surface area contributed by atoms with Crippen molar-refractivity contribution in [2.45, 2.75) is 25.0 Å². The molecular weight excluding hydrogens is 410 g/mol. The summed E-state index contributed by atoms with van der Waals surface area (Å²) in [6, 6.07) is 6.96. The molecule has 2 aromatic heterocycles. The Morgan fingerprint density at radius 1 is 1.19 bits per heavy atom. The molecule has 1 amide bonds. The number of benzene rings is 1. The largest absolute Gasteiger partial charge is 0.492 e. The zero-order valence-electron chi connectivity index (χ0n) is 18.4. The van der Waals surface area contributed by atoms with Gasteiger partial charge >= 0.3 is 0 Å². The van der Waals surface area contributed by atoms with Gasteiger partial charge in [0.2, 0.25) is 0 Å². The van der Waals surface area contributed by atoms with Gasteiger partial charge in [0.05, 0.1) is 18.5 Å². The second kappa shape index (κ2) is 9.49. The van der Waals surface area contributed by atoms with Gasteiger partial charge in [0.15, 0.2) is 11.5 Å². The van der Waals surface area contributed by atoms with Crippen LogP contribution < -0.4 is 10.5 Å². The second-order valence-electron chi connectivity index (χ2n) is 8.26. The van der Waals surface area contributed by atoms with Crippen LogP contribution in [0, 0.1) is 0 Å². The summed E-state index contributed by atoms with van der Waals surface area (Å²) < 4.78 is 7.54. The maximum Gasteiger partial charge on any atom is 0.253 e. The molecule has 1 fully saturated rings. The van der Waals surface area contributed by atoms with E-state index in [0.717, 1.165) is 12.3 Å². The first-order chi connectivity index (χ1) is 15.4. The first-order valence-electron chi connectivity index (χ1n) is 10.7. The fourth-order valence-electron chi connectivity index (χ4n) is 3.94. The Morgan fingerprint density at radius 2 is 1.94 bits per heavy atom. The van der Waals surface area contributed by atoms with Gasteiger partial charge in [-0.25, -0.2) is 15.0 Å². The molecule has 0 unspecified atom stereocenters. The van der Waals surface area contributed by atoms with Crippen LogP contribution in [-0.4, -0.2) is 86.8 Å². The first kappa shape index (κ1) is 22.0. The number of fused-ring (bicyclic) bond motifs is 1. The van der Waals surface area contributed by atoms with Crippen molar-refractivity contribution in [2.75, 3.05) is 46.1 Å². The fraction of sp³-hybridized carbons (Fsp3) is 0.455. The van der Waals surface area contributed by atoms with Crippen LogP contribution in [0.5, 0.6) is 5.75 Å². The number of aromatic nitrogens is 4. The van der Waals surface area contributed by atoms with Crippen molar-refractivity contribution >= 4 is 22.9 Å². The highest BCUT2D eigenvalue weighted by molar-refractivity contribution is 5.94. The summed E-state index contributed by atoms with van der Waals surface area (Å²) in [7, 11) is 3.98. The second-order valence-corrected chi connectivity index (χ2v) is 8.26. The van der Waals surface area contributed by atoms with Gasteiger partial charge in [0, 0.05) is 25.2 Å². The molecule has 1 aliphatic heterocycles. The number of hydrogen-bond acceptors (Lipinski definition) is 8. The minimum atomic E-state index is -0.631. The topological polar surface area (TPSA) is 123 Å². The number of nitrogens with two attached hydrogens (primary N) is 1. The van der Waals surface area contributed by atoms with E-state index in [9.17, 15) is 9.90 Å². The van der Waals surface area contributed by atoms with E-state index < -0.39 is 6.10 Å². The summed E-state index contributed by atoms with van der Waals surface area (Å²) in [6.07, 6.45) is 3.43. The summed E-state index contributed by atoms with van der Waals surface area (Å²) in [5, 5.41) is 10.8. The Balaban J connectivity index is 1.43. The maximum absolute atomic E-state index is 13.1. The summed E-state index contributed by atoms with van der Waals surface area (Å²) in [6.45, 7) is 2.40. The van der Waals surface area contributed by atoms with E-state index in [4.69, 9.17) is 10.5 Å². The van der Waals surface area contributed by atoms with Crippen molar-refractivity contribution in [1.82, 2.24) is 29.3 Å². The predicted octanol–water partition coefficient (Wildman–Crippen LogP) is 1.19. The minimum Gasteiger partial charge on any atom is -0.492 e. The number of nitrogen functional groups attached to an aromatic ring is 1. The summed E-state index contributed by atoms with van der Waals surface area (Å²) in [5.41, 5.74) is 7.60. The molecule has 0 aliphatic carbocycles. The molecule has 1 aliphatic rings. The number of likely N-dealkylation sites (N-methyl/N-ethyl adjacent to an activating group) is 1. The van der Waals surface area contributed by atoms with Crippen molar-refractivity contribution in [3.8, 4) is 5.75 Å². The lowest BCUT2D eigenvalue weighted by Gasteiger charge is -2.22. The number of anilines is 1. The quantitative estimate of drug-likeness (QED) is 0.587. The van der Waals surface area contributed by atoms with Crippen LogP contribution >= 0.6 is 0 Å². The van der Waals surface area contributed by atoms with Crippen LogP contribution in [0.2, 0.25) is 0 Å². The Hall–Kier alpha value is -3.24. The Kier molecular flexibility index (Phi) is 6.52. The third kappa shape index (κ3) is 4.66. The minimum absolute atomic E-state index is 0.0558. The number of carbonyl (C=O) groups excluding carboxylic acids is 1. The molecule has 10 nitrogen and oxygen atoms in total. The summed E-state index contributed by atoms with van der Waals surface area (Å²) >= 11 is 0. The van der Waals surface area contributed by atoms with Crippen molar-refractivity contribution in [2.24, 2.45) is 0 Å². The van der Waals surface area contributed by atoms with Crippen LogP contribution in [-0.2, 0) is 0 Å². The zero-order chi connectivity index (χ0) is 22.7. The van der Waals surface area contributed by atoms with E-state index in [0.29, 0.717) is 55.1 Å². The highest BCUT2D eigenvalue weighted by atomic mass is 16.5. The van der Waals surface area contributed by atoms with E-state index in [1.807, 2.05) is 35.7 Å². The molecule has 0 radical (unpaired) electrons. The zero-order valence-corrected chi connectivity index (χ0v) is 18.4. The molecule has 3 heterocycles. The monoisotopic (exact) mass is 439 g/mol. The van der Waals surface area contributed by atoms with Crippen molar-refractivity contribution in [3.05, 3.63) is 42.5 Å². The van der Waals surface area contributed by atoms with E-state index in [1.54, 1.807) is 23.4 Å². The van der Waals surface area contributed by atoms with Gasteiger partial charge in [-0.2, -0.15) is 0 Å². The van der Waals surface area contributed by atoms with Crippen LogP contribution in [0.4, 0.5) is 5.82 Å². The molecule has 1 aromatic carbocycles. The molecule has 170 valence electrons. The number of rotatable bonds is 6. The van der Waals surface area contributed by atoms with E-state index in [1.165, 1.54) is 6.33 Å². The van der Waals surface area contributed by atoms with Crippen LogP contribution in [0.25, 0.3) is 11.2 Å². The normalized spacial score (nSPS) is 19.3. The maximum atomic E-state index is 13.1. The van der Waals surface area contributed by atoms with Gasteiger partial charge < -0.3 is 29.9 Å². The number of aliphatic hydroxyl groups excluding tert-OH is 1. The molecule has 0 saturated carbocycles. The highest BCUT2D eigenvalue weighted by Crippen LogP contribution is 2.28. The Labute approximate surface area is 186 Å². The van der Waals surface area contributed by atoms with Crippen LogP contribution in [0.15, 0.2) is 36.9 Å². The Bertz CT molecular complexity index is 1070. The van der Waals surface area contributed by atoms with Gasteiger partial charge in [0.25, 0.3) is 5.91 Å². The number of ether oxygens (including phenoxy) is 1. The molecule has 0 spiro atoms. The van der Waals surface area contributed by atoms with E-state index in [2.05, 4.69) is 15.0 Å². The van der Waals surface area contributed by atoms with Crippen LogP contribution in [0.3, 0.4) is 0 Å². The van der Waals surface area contributed by atoms with Gasteiger partial charge in [-0.1, -0.05) is 0 Å². The number of imidazole rings is 1. The molecular formula is C22H29N7O3. The van der Waals surface area contributed by atoms with Crippen LogP contribution in [0.1, 0.15) is 29.2 Å². The van der Waals surface area contributed by atoms with Gasteiger partial charge in [-0.15, -0.1) is 0 Å². The number of aliphatic hydroxyl groups is 1. The number of likely N-dealkylation sites (tertiary alicyclic amines) is 1. The van der Waals surface area contributed by atoms with Crippen molar-refractivity contribution in [1.29, 1.82) is 0 Å². The number of hydrogen-bond donors (Lipinski definition) is 2. The molecule has 32 heavy (non-hydrogen) atoms. The summed E-state index contributed by atoms with van der Waals surface area (Å²) in [5.74, 6) is 0.991. The standard InChI is InChI=1S/C22H29N7O3/c1-27(2)11-12-32-16-5-3-15(4-6-16)22(31)28-9-7-17(18(30)8-10-28)29-14-26-19-20(23)24-13-25-21(19)29/h3-6,13-14,17-18,30H,7-12H2,1-2H3,(H2,23,24,25)/t17-,18-/m0/s1. The number of nitrogens with zero attached hydrogens (tertiary/aromatic N) is 6. The first-order valence-corrected chi connectivity index (χ1v) is 10.7. The fourth-order valence-corrected chi connectivity index (χ4v) is 3.94. The molecule has 10 heteroatoms. The molecule has 3 N–H and O–H groups in total. The molecule has 0 bridgehead atoms. The third-order valence-electron chi connectivity index (χ3n) is 5.77. The van der Waals surface area contributed by atoms with E-state index >= 15 is 0 Å². The molecule has 4 rings (SSSR count). The number of amides is 1. The summed E-state index contributed by atoms with van der Waals surface area (Å²) in [4.78, 5) is 29.5. The highest BCUT2D eigenvalue weighted by Gasteiger charge is 2.30. The average Bonchev–Trinajstić information content (AvgIpc) is 3.11. The third-order valence-corrected chi connectivity index (χ3v) is 5.77. The smallest absolute Gasteiger partial charge is 0.253 e. The predicted molar refractivity (Wildman–Crippen MR) is 120 cm³/mol. The molecule has 3 aromatic rings. The van der Waals surface area contributed by atoms with Crippen molar-refractivity contribution in [3.63, 3.8) is 0 Å². The Morgan fingerprint density at radius 3 is 2.69 bits per heavy atom. The lowest BCUT2D eigenvalue weighted by atomic mass is 10.1. The SMILES string of the molecule is CN(C)CCOc1ccc(C(=O)N2CC[C@H](O)[C@@H](n3cnc4c(N)ncnc43)CC2)cc1. The van der Waals surface area contributed by atoms with Crippen molar-refractivity contribution < 1.29 is 14.6 Å². The van der Waals surface area contributed by atoms with Gasteiger partial charge in [-0.3, -0.25) is 4.79 Å². The lowest BCUT2D eigenvalue weighted by molar-refractivity contribution is 0.0751. The van der Waals surface area contributed by atoms with Gasteiger partial charge in [0.1, 0.15) is 24.2 Å². The lowest BCUT2D eigenvalue weighted by Crippen LogP contribution is -2.32. The molecule has 1 saturated heterocycles. The molecule has 2 atom stereocenters. The number of carbonyl (C=O) groups is 1. The van der Waals surface area contributed by atoms with Gasteiger partial charge in [-0.05, 0) is 51.2 Å². The average molecular weight is 440 g/mol.